The zero-order valence-electron chi connectivity index (χ0n) is 14.5. The van der Waals surface area contributed by atoms with Gasteiger partial charge in [0.15, 0.2) is 6.61 Å². The molecule has 1 heterocycles. The number of hydrogen-bond acceptors (Lipinski definition) is 6. The second-order valence-electron chi connectivity index (χ2n) is 5.68. The summed E-state index contributed by atoms with van der Waals surface area (Å²) in [6.45, 7) is 1.05. The lowest BCUT2D eigenvalue weighted by molar-refractivity contribution is -0.131. The molecular formula is C21H16O5S. The summed E-state index contributed by atoms with van der Waals surface area (Å²) in [5.41, 5.74) is 2.02. The fourth-order valence-corrected chi connectivity index (χ4v) is 3.08. The average Bonchev–Trinajstić information content (AvgIpc) is 3.21. The van der Waals surface area contributed by atoms with Gasteiger partial charge in [-0.25, -0.2) is 4.79 Å². The summed E-state index contributed by atoms with van der Waals surface area (Å²) in [5.74, 6) is -0.715. The molecule has 0 atom stereocenters. The van der Waals surface area contributed by atoms with E-state index in [1.165, 1.54) is 18.3 Å². The molecule has 2 aromatic carbocycles. The van der Waals surface area contributed by atoms with Crippen LogP contribution in [0.1, 0.15) is 27.0 Å². The summed E-state index contributed by atoms with van der Waals surface area (Å²) in [5, 5.41) is 1.80. The van der Waals surface area contributed by atoms with Crippen molar-refractivity contribution in [2.45, 2.75) is 6.92 Å². The van der Waals surface area contributed by atoms with Gasteiger partial charge in [-0.2, -0.15) is 0 Å². The normalized spacial score (nSPS) is 10.3. The summed E-state index contributed by atoms with van der Waals surface area (Å²) in [4.78, 5) is 35.7. The molecule has 3 aromatic rings. The van der Waals surface area contributed by atoms with Crippen LogP contribution in [0, 0.1) is 0 Å². The van der Waals surface area contributed by atoms with Crippen LogP contribution in [0.25, 0.3) is 11.1 Å². The number of ketones is 1. The first-order chi connectivity index (χ1) is 13.0. The lowest BCUT2D eigenvalue weighted by Crippen LogP contribution is -2.13. The molecule has 0 aliphatic carbocycles. The Balaban J connectivity index is 1.68. The van der Waals surface area contributed by atoms with Crippen molar-refractivity contribution in [2.75, 3.05) is 6.61 Å². The molecule has 0 amide bonds. The number of esters is 2. The fraction of sp³-hybridized carbons (Fsp3) is 0.0952. The number of ether oxygens (including phenoxy) is 2. The van der Waals surface area contributed by atoms with Crippen LogP contribution in [-0.2, 0) is 9.53 Å². The quantitative estimate of drug-likeness (QED) is 0.361. The Labute approximate surface area is 160 Å². The Hall–Kier alpha value is -3.25. The van der Waals surface area contributed by atoms with Crippen LogP contribution in [0.3, 0.4) is 0 Å². The van der Waals surface area contributed by atoms with E-state index in [2.05, 4.69) is 0 Å². The van der Waals surface area contributed by atoms with E-state index in [-0.39, 0.29) is 18.4 Å². The van der Waals surface area contributed by atoms with Crippen molar-refractivity contribution >= 4 is 29.1 Å². The maximum Gasteiger partial charge on any atom is 0.338 e. The largest absolute Gasteiger partial charge is 0.454 e. The number of rotatable bonds is 6. The smallest absolute Gasteiger partial charge is 0.338 e. The number of benzene rings is 2. The van der Waals surface area contributed by atoms with Crippen LogP contribution in [0.4, 0.5) is 0 Å². The maximum absolute atomic E-state index is 12.2. The van der Waals surface area contributed by atoms with Gasteiger partial charge >= 0.3 is 11.9 Å². The molecule has 0 radical (unpaired) electrons. The zero-order chi connectivity index (χ0) is 19.2. The zero-order valence-corrected chi connectivity index (χ0v) is 15.3. The molecule has 6 heteroatoms. The van der Waals surface area contributed by atoms with Crippen LogP contribution < -0.4 is 4.74 Å². The van der Waals surface area contributed by atoms with Gasteiger partial charge in [0.2, 0.25) is 5.78 Å². The molecule has 0 spiro atoms. The minimum atomic E-state index is -0.557. The molecule has 1 aromatic heterocycles. The Morgan fingerprint density at radius 1 is 0.926 bits per heavy atom. The van der Waals surface area contributed by atoms with Gasteiger partial charge in [-0.15, -0.1) is 11.3 Å². The van der Waals surface area contributed by atoms with Gasteiger partial charge in [-0.1, -0.05) is 30.3 Å². The monoisotopic (exact) mass is 380 g/mol. The van der Waals surface area contributed by atoms with Gasteiger partial charge in [-0.05, 0) is 46.8 Å². The molecule has 0 fully saturated rings. The molecule has 0 N–H and O–H groups in total. The highest BCUT2D eigenvalue weighted by molar-refractivity contribution is 7.12. The predicted octanol–water partition coefficient (Wildman–Crippen LogP) is 4.38. The fourth-order valence-electron chi connectivity index (χ4n) is 2.43. The second-order valence-corrected chi connectivity index (χ2v) is 6.62. The first-order valence-corrected chi connectivity index (χ1v) is 9.03. The van der Waals surface area contributed by atoms with Crippen LogP contribution in [0.2, 0.25) is 0 Å². The van der Waals surface area contributed by atoms with Crippen molar-refractivity contribution in [3.63, 3.8) is 0 Å². The Morgan fingerprint density at radius 2 is 1.70 bits per heavy atom. The molecule has 0 saturated carbocycles. The van der Waals surface area contributed by atoms with Gasteiger partial charge in [0.1, 0.15) is 5.75 Å². The van der Waals surface area contributed by atoms with Crippen molar-refractivity contribution < 1.29 is 23.9 Å². The topological polar surface area (TPSA) is 69.7 Å². The first-order valence-electron chi connectivity index (χ1n) is 8.15. The average molecular weight is 380 g/mol. The van der Waals surface area contributed by atoms with Crippen molar-refractivity contribution in [3.8, 4) is 16.9 Å². The lowest BCUT2D eigenvalue weighted by atomic mass is 10.0. The van der Waals surface area contributed by atoms with Crippen LogP contribution in [-0.4, -0.2) is 24.3 Å². The van der Waals surface area contributed by atoms with E-state index in [4.69, 9.17) is 9.47 Å². The number of carbonyl (C=O) groups excluding carboxylic acids is 3. The van der Waals surface area contributed by atoms with Gasteiger partial charge < -0.3 is 9.47 Å². The standard InChI is InChI=1S/C21H16O5S/c1-14(22)26-18-9-7-15(8-10-18)16-4-2-5-17(12-16)21(24)25-13-19(23)20-6-3-11-27-20/h2-12H,13H2,1H3. The van der Waals surface area contributed by atoms with E-state index in [1.54, 1.807) is 60.0 Å². The molecule has 5 nitrogen and oxygen atoms in total. The number of hydrogen-bond donors (Lipinski definition) is 0. The van der Waals surface area contributed by atoms with E-state index < -0.39 is 5.97 Å². The summed E-state index contributed by atoms with van der Waals surface area (Å²) < 4.78 is 10.1. The summed E-state index contributed by atoms with van der Waals surface area (Å²) in [6.07, 6.45) is 0. The van der Waals surface area contributed by atoms with Gasteiger partial charge in [-0.3, -0.25) is 9.59 Å². The van der Waals surface area contributed by atoms with Crippen molar-refractivity contribution in [1.82, 2.24) is 0 Å². The van der Waals surface area contributed by atoms with Crippen molar-refractivity contribution in [3.05, 3.63) is 76.5 Å². The number of carbonyl (C=O) groups is 3. The Morgan fingerprint density at radius 3 is 2.37 bits per heavy atom. The molecule has 0 saturated heterocycles. The van der Waals surface area contributed by atoms with Crippen LogP contribution >= 0.6 is 11.3 Å². The molecule has 0 unspecified atom stereocenters. The number of Topliss-reactive ketones (excluding diaryl/α,β-unsaturated/α-hetero) is 1. The molecule has 0 bridgehead atoms. The minimum absolute atomic E-state index is 0.226. The Bertz CT molecular complexity index is 959. The van der Waals surface area contributed by atoms with Gasteiger partial charge in [0.25, 0.3) is 0 Å². The second kappa shape index (κ2) is 8.42. The highest BCUT2D eigenvalue weighted by Gasteiger charge is 2.13. The molecular weight excluding hydrogens is 364 g/mol. The van der Waals surface area contributed by atoms with Gasteiger partial charge in [0.05, 0.1) is 10.4 Å². The predicted molar refractivity (Wildman–Crippen MR) is 102 cm³/mol. The third-order valence-electron chi connectivity index (χ3n) is 3.68. The van der Waals surface area contributed by atoms with Crippen LogP contribution in [0.5, 0.6) is 5.75 Å². The SMILES string of the molecule is CC(=O)Oc1ccc(-c2cccc(C(=O)OCC(=O)c3cccs3)c2)cc1. The third-order valence-corrected chi connectivity index (χ3v) is 4.59. The molecule has 0 aliphatic rings. The summed E-state index contributed by atoms with van der Waals surface area (Å²) in [6, 6.07) is 17.3. The highest BCUT2D eigenvalue weighted by Crippen LogP contribution is 2.24. The summed E-state index contributed by atoms with van der Waals surface area (Å²) in [7, 11) is 0. The van der Waals surface area contributed by atoms with Crippen molar-refractivity contribution in [2.24, 2.45) is 0 Å². The molecule has 136 valence electrons. The maximum atomic E-state index is 12.2. The van der Waals surface area contributed by atoms with Crippen molar-refractivity contribution in [1.29, 1.82) is 0 Å². The van der Waals surface area contributed by atoms with E-state index in [1.807, 2.05) is 6.07 Å². The number of thiophene rings is 1. The van der Waals surface area contributed by atoms with E-state index >= 15 is 0 Å². The molecule has 27 heavy (non-hydrogen) atoms. The van der Waals surface area contributed by atoms with E-state index in [0.717, 1.165) is 11.1 Å². The van der Waals surface area contributed by atoms with E-state index in [9.17, 15) is 14.4 Å². The first kappa shape index (κ1) is 18.5. The minimum Gasteiger partial charge on any atom is -0.454 e. The highest BCUT2D eigenvalue weighted by atomic mass is 32.1. The lowest BCUT2D eigenvalue weighted by Gasteiger charge is -2.07. The molecule has 3 rings (SSSR count). The molecule has 0 aliphatic heterocycles. The Kier molecular flexibility index (Phi) is 5.78. The summed E-state index contributed by atoms with van der Waals surface area (Å²) >= 11 is 1.31. The van der Waals surface area contributed by atoms with E-state index in [0.29, 0.717) is 16.2 Å². The third kappa shape index (κ3) is 4.89. The van der Waals surface area contributed by atoms with Gasteiger partial charge in [0, 0.05) is 6.92 Å². The van der Waals surface area contributed by atoms with Crippen LogP contribution in [0.15, 0.2) is 66.0 Å².